The zero-order valence-corrected chi connectivity index (χ0v) is 18.0. The highest BCUT2D eigenvalue weighted by atomic mass is 16.2. The lowest BCUT2D eigenvalue weighted by Crippen LogP contribution is -2.66. The first-order chi connectivity index (χ1) is 15.6. The number of benzene rings is 4. The van der Waals surface area contributed by atoms with Gasteiger partial charge in [0.15, 0.2) is 11.6 Å². The van der Waals surface area contributed by atoms with Crippen LogP contribution in [0, 0.1) is 5.92 Å². The summed E-state index contributed by atoms with van der Waals surface area (Å²) in [6.07, 6.45) is 2.75. The van der Waals surface area contributed by atoms with Crippen molar-refractivity contribution in [3.05, 3.63) is 96.1 Å². The van der Waals surface area contributed by atoms with Gasteiger partial charge in [-0.15, -0.1) is 0 Å². The van der Waals surface area contributed by atoms with Gasteiger partial charge in [0.1, 0.15) is 5.54 Å². The van der Waals surface area contributed by atoms with Crippen LogP contribution in [0.2, 0.25) is 0 Å². The molecule has 7 rings (SSSR count). The van der Waals surface area contributed by atoms with Gasteiger partial charge in [-0.2, -0.15) is 0 Å². The number of piperidine rings is 3. The van der Waals surface area contributed by atoms with Gasteiger partial charge in [0.05, 0.1) is 0 Å². The van der Waals surface area contributed by atoms with Crippen LogP contribution in [0.15, 0.2) is 84.9 Å². The van der Waals surface area contributed by atoms with E-state index in [1.165, 1.54) is 0 Å². The molecule has 158 valence electrons. The summed E-state index contributed by atoms with van der Waals surface area (Å²) >= 11 is 0. The first kappa shape index (κ1) is 19.4. The molecule has 3 aliphatic heterocycles. The van der Waals surface area contributed by atoms with E-state index in [1.54, 1.807) is 0 Å². The normalized spacial score (nSPS) is 21.6. The van der Waals surface area contributed by atoms with Gasteiger partial charge in [0.2, 0.25) is 0 Å². The summed E-state index contributed by atoms with van der Waals surface area (Å²) in [6.45, 7) is 1.62. The number of rotatable bonds is 4. The fraction of sp³-hybridized carbons (Fsp3) is 0.241. The molecule has 3 aliphatic rings. The maximum Gasteiger partial charge on any atom is 0.191 e. The van der Waals surface area contributed by atoms with E-state index in [2.05, 4.69) is 4.90 Å². The molecule has 4 aromatic rings. The Kier molecular flexibility index (Phi) is 4.48. The van der Waals surface area contributed by atoms with Gasteiger partial charge in [-0.05, 0) is 71.9 Å². The first-order valence-corrected chi connectivity index (χ1v) is 11.5. The Morgan fingerprint density at radius 3 is 1.56 bits per heavy atom. The Morgan fingerprint density at radius 2 is 1.12 bits per heavy atom. The summed E-state index contributed by atoms with van der Waals surface area (Å²) in [4.78, 5) is 30.5. The summed E-state index contributed by atoms with van der Waals surface area (Å²) in [7, 11) is 0. The van der Waals surface area contributed by atoms with Crippen LogP contribution in [-0.4, -0.2) is 35.1 Å². The van der Waals surface area contributed by atoms with Crippen molar-refractivity contribution in [3.63, 3.8) is 0 Å². The molecule has 3 nitrogen and oxygen atoms in total. The lowest BCUT2D eigenvalue weighted by molar-refractivity contribution is -0.00634. The second-order valence-electron chi connectivity index (χ2n) is 9.28. The molecule has 3 saturated heterocycles. The maximum atomic E-state index is 14.2. The largest absolute Gasteiger partial charge is 0.292 e. The molecule has 0 unspecified atom stereocenters. The van der Waals surface area contributed by atoms with Crippen molar-refractivity contribution >= 4 is 33.1 Å². The third-order valence-electron chi connectivity index (χ3n) is 7.51. The molecule has 0 saturated carbocycles. The Balaban J connectivity index is 1.48. The van der Waals surface area contributed by atoms with Crippen LogP contribution in [-0.2, 0) is 0 Å². The Hall–Kier alpha value is -3.30. The third kappa shape index (κ3) is 2.92. The monoisotopic (exact) mass is 419 g/mol. The minimum absolute atomic E-state index is 0.0502. The number of hydrogen-bond donors (Lipinski definition) is 0. The lowest BCUT2D eigenvalue weighted by atomic mass is 9.67. The minimum atomic E-state index is -1.11. The van der Waals surface area contributed by atoms with Crippen LogP contribution >= 0.6 is 0 Å². The van der Waals surface area contributed by atoms with Gasteiger partial charge in [-0.3, -0.25) is 14.5 Å². The van der Waals surface area contributed by atoms with E-state index in [0.717, 1.165) is 47.5 Å². The number of carbonyl (C=O) groups is 2. The average Bonchev–Trinajstić information content (AvgIpc) is 2.87. The predicted molar refractivity (Wildman–Crippen MR) is 128 cm³/mol. The number of nitrogens with zero attached hydrogens (tertiary/aromatic N) is 1. The van der Waals surface area contributed by atoms with E-state index < -0.39 is 5.54 Å². The van der Waals surface area contributed by atoms with Crippen LogP contribution in [0.3, 0.4) is 0 Å². The van der Waals surface area contributed by atoms with E-state index in [0.29, 0.717) is 23.5 Å². The number of hydrogen-bond acceptors (Lipinski definition) is 3. The standard InChI is InChI=1S/C29H25NO2/c31-27(25-11-9-21-5-1-3-7-23(21)17-25)29(19-20-13-15-30(29)16-14-20)28(32)26-12-10-22-6-2-4-8-24(22)18-26/h1-12,17-18,20H,13-16,19H2. The van der Waals surface area contributed by atoms with Gasteiger partial charge in [0, 0.05) is 11.1 Å². The second kappa shape index (κ2) is 7.39. The smallest absolute Gasteiger partial charge is 0.191 e. The van der Waals surface area contributed by atoms with Crippen LogP contribution in [0.25, 0.3) is 21.5 Å². The molecule has 0 radical (unpaired) electrons. The zero-order chi connectivity index (χ0) is 21.7. The van der Waals surface area contributed by atoms with Crippen molar-refractivity contribution in [3.8, 4) is 0 Å². The molecule has 2 bridgehead atoms. The number of ketones is 2. The molecule has 0 atom stereocenters. The Labute approximate surface area is 187 Å². The fourth-order valence-electron chi connectivity index (χ4n) is 5.78. The molecular formula is C29H25NO2. The van der Waals surface area contributed by atoms with Crippen molar-refractivity contribution in [2.24, 2.45) is 5.92 Å². The van der Waals surface area contributed by atoms with Gasteiger partial charge in [0.25, 0.3) is 0 Å². The highest BCUT2D eigenvalue weighted by Crippen LogP contribution is 2.43. The molecule has 0 aliphatic carbocycles. The van der Waals surface area contributed by atoms with Gasteiger partial charge >= 0.3 is 0 Å². The highest BCUT2D eigenvalue weighted by molar-refractivity contribution is 6.24. The SMILES string of the molecule is O=C(c1ccc2ccccc2c1)C1(C(=O)c2ccc3ccccc3c2)CC2CCN1CC2. The molecule has 0 N–H and O–H groups in total. The van der Waals surface area contributed by atoms with Crippen LogP contribution < -0.4 is 0 Å². The third-order valence-corrected chi connectivity index (χ3v) is 7.51. The van der Waals surface area contributed by atoms with Gasteiger partial charge in [-0.25, -0.2) is 0 Å². The Bertz CT molecular complexity index is 1270. The lowest BCUT2D eigenvalue weighted by Gasteiger charge is -2.52. The van der Waals surface area contributed by atoms with Crippen molar-refractivity contribution < 1.29 is 9.59 Å². The Morgan fingerprint density at radius 1 is 0.656 bits per heavy atom. The number of carbonyl (C=O) groups excluding carboxylic acids is 2. The van der Waals surface area contributed by atoms with E-state index in [-0.39, 0.29) is 11.6 Å². The molecule has 3 heterocycles. The fourth-order valence-corrected chi connectivity index (χ4v) is 5.78. The number of fused-ring (bicyclic) bond motifs is 5. The van der Waals surface area contributed by atoms with E-state index >= 15 is 0 Å². The van der Waals surface area contributed by atoms with Gasteiger partial charge < -0.3 is 0 Å². The summed E-state index contributed by atoms with van der Waals surface area (Å²) in [5.74, 6) is 0.324. The van der Waals surface area contributed by atoms with Crippen LogP contribution in [0.1, 0.15) is 40.0 Å². The molecule has 3 fully saturated rings. The van der Waals surface area contributed by atoms with E-state index in [9.17, 15) is 9.59 Å². The molecule has 0 aromatic heterocycles. The molecule has 0 spiro atoms. The number of Topliss-reactive ketones (excluding diaryl/α,β-unsaturated/α-hetero) is 2. The summed E-state index contributed by atoms with van der Waals surface area (Å²) < 4.78 is 0. The van der Waals surface area contributed by atoms with Gasteiger partial charge in [-0.1, -0.05) is 72.8 Å². The summed E-state index contributed by atoms with van der Waals surface area (Å²) in [6, 6.07) is 27.8. The second-order valence-corrected chi connectivity index (χ2v) is 9.28. The van der Waals surface area contributed by atoms with Crippen molar-refractivity contribution in [1.29, 1.82) is 0 Å². The zero-order valence-electron chi connectivity index (χ0n) is 18.0. The summed E-state index contributed by atoms with van der Waals surface area (Å²) in [5, 5.41) is 4.26. The quantitative estimate of drug-likeness (QED) is 0.305. The topological polar surface area (TPSA) is 37.4 Å². The summed E-state index contributed by atoms with van der Waals surface area (Å²) in [5.41, 5.74) is 0.155. The molecule has 3 heteroatoms. The highest BCUT2D eigenvalue weighted by Gasteiger charge is 2.56. The van der Waals surface area contributed by atoms with E-state index in [4.69, 9.17) is 0 Å². The molecule has 32 heavy (non-hydrogen) atoms. The molecule has 0 amide bonds. The van der Waals surface area contributed by atoms with Crippen LogP contribution in [0.5, 0.6) is 0 Å². The predicted octanol–water partition coefficient (Wildman–Crippen LogP) is 5.91. The van der Waals surface area contributed by atoms with E-state index in [1.807, 2.05) is 84.9 Å². The van der Waals surface area contributed by atoms with Crippen molar-refractivity contribution in [2.75, 3.05) is 13.1 Å². The minimum Gasteiger partial charge on any atom is -0.292 e. The molecular weight excluding hydrogens is 394 g/mol. The van der Waals surface area contributed by atoms with Crippen molar-refractivity contribution in [2.45, 2.75) is 24.8 Å². The van der Waals surface area contributed by atoms with Crippen LogP contribution in [0.4, 0.5) is 0 Å². The maximum absolute atomic E-state index is 14.2. The molecule has 4 aromatic carbocycles. The van der Waals surface area contributed by atoms with Crippen molar-refractivity contribution in [1.82, 2.24) is 4.90 Å². The first-order valence-electron chi connectivity index (χ1n) is 11.5. The average molecular weight is 420 g/mol.